The highest BCUT2D eigenvalue weighted by Crippen LogP contribution is 2.34. The van der Waals surface area contributed by atoms with Crippen molar-refractivity contribution in [3.05, 3.63) is 22.2 Å². The van der Waals surface area contributed by atoms with Gasteiger partial charge in [-0.05, 0) is 31.9 Å². The molecule has 0 heterocycles. The van der Waals surface area contributed by atoms with Crippen LogP contribution in [-0.2, 0) is 4.79 Å². The SMILES string of the molecule is CC(SC1CCCCC1)C(=O)Nc1c(N)cc(Cl)cc1Cl. The Morgan fingerprint density at radius 2 is 2.00 bits per heavy atom. The minimum absolute atomic E-state index is 0.0681. The molecule has 1 aromatic carbocycles. The van der Waals surface area contributed by atoms with Gasteiger partial charge in [0.2, 0.25) is 5.91 Å². The molecular weight excluding hydrogens is 327 g/mol. The van der Waals surface area contributed by atoms with Crippen LogP contribution in [0, 0.1) is 0 Å². The third-order valence-corrected chi connectivity index (χ3v) is 5.65. The van der Waals surface area contributed by atoms with Crippen LogP contribution in [0.5, 0.6) is 0 Å². The predicted molar refractivity (Wildman–Crippen MR) is 93.4 cm³/mol. The Hall–Kier alpha value is -0.580. The van der Waals surface area contributed by atoms with Gasteiger partial charge in [-0.25, -0.2) is 0 Å². The molecule has 1 aliphatic rings. The van der Waals surface area contributed by atoms with E-state index in [1.165, 1.54) is 32.1 Å². The lowest BCUT2D eigenvalue weighted by molar-refractivity contribution is -0.115. The summed E-state index contributed by atoms with van der Waals surface area (Å²) in [5.41, 5.74) is 6.70. The second kappa shape index (κ2) is 7.61. The van der Waals surface area contributed by atoms with Gasteiger partial charge in [0.15, 0.2) is 0 Å². The molecule has 0 bridgehead atoms. The van der Waals surface area contributed by atoms with E-state index >= 15 is 0 Å². The molecule has 1 amide bonds. The molecule has 0 aliphatic heterocycles. The number of carbonyl (C=O) groups excluding carboxylic acids is 1. The number of hydrogen-bond acceptors (Lipinski definition) is 3. The molecule has 0 aromatic heterocycles. The number of thioether (sulfide) groups is 1. The normalized spacial score (nSPS) is 17.5. The summed E-state index contributed by atoms with van der Waals surface area (Å²) in [6, 6.07) is 3.16. The van der Waals surface area contributed by atoms with Crippen molar-refractivity contribution in [3.8, 4) is 0 Å². The van der Waals surface area contributed by atoms with Crippen LogP contribution in [0.4, 0.5) is 11.4 Å². The maximum Gasteiger partial charge on any atom is 0.237 e. The van der Waals surface area contributed by atoms with Crippen LogP contribution < -0.4 is 11.1 Å². The fraction of sp³-hybridized carbons (Fsp3) is 0.533. The van der Waals surface area contributed by atoms with E-state index in [2.05, 4.69) is 5.32 Å². The number of carbonyl (C=O) groups is 1. The third-order valence-electron chi connectivity index (χ3n) is 3.65. The molecule has 1 aromatic rings. The summed E-state index contributed by atoms with van der Waals surface area (Å²) in [7, 11) is 0. The first-order chi connectivity index (χ1) is 9.97. The van der Waals surface area contributed by atoms with Gasteiger partial charge in [0.25, 0.3) is 0 Å². The Balaban J connectivity index is 1.97. The van der Waals surface area contributed by atoms with Crippen LogP contribution >= 0.6 is 35.0 Å². The summed E-state index contributed by atoms with van der Waals surface area (Å²) < 4.78 is 0. The summed E-state index contributed by atoms with van der Waals surface area (Å²) >= 11 is 13.7. The van der Waals surface area contributed by atoms with Crippen molar-refractivity contribution in [2.45, 2.75) is 49.5 Å². The largest absolute Gasteiger partial charge is 0.397 e. The van der Waals surface area contributed by atoms with Crippen LogP contribution in [0.1, 0.15) is 39.0 Å². The molecule has 2 rings (SSSR count). The van der Waals surface area contributed by atoms with Crippen molar-refractivity contribution in [3.63, 3.8) is 0 Å². The Labute approximate surface area is 139 Å². The third kappa shape index (κ3) is 4.70. The minimum atomic E-state index is -0.126. The van der Waals surface area contributed by atoms with Crippen molar-refractivity contribution in [1.29, 1.82) is 0 Å². The molecule has 0 saturated heterocycles. The predicted octanol–water partition coefficient (Wildman–Crippen LogP) is 4.97. The lowest BCUT2D eigenvalue weighted by atomic mass is 10.0. The monoisotopic (exact) mass is 346 g/mol. The van der Waals surface area contributed by atoms with Crippen molar-refractivity contribution >= 4 is 52.2 Å². The van der Waals surface area contributed by atoms with Gasteiger partial charge in [-0.15, -0.1) is 11.8 Å². The highest BCUT2D eigenvalue weighted by atomic mass is 35.5. The smallest absolute Gasteiger partial charge is 0.237 e. The molecule has 3 nitrogen and oxygen atoms in total. The standard InChI is InChI=1S/C15H20Cl2N2OS/c1-9(21-11-5-3-2-4-6-11)15(20)19-14-12(17)7-10(16)8-13(14)18/h7-9,11H,2-6,18H2,1H3,(H,19,20). The van der Waals surface area contributed by atoms with Gasteiger partial charge in [-0.2, -0.15) is 0 Å². The van der Waals surface area contributed by atoms with Crippen LogP contribution in [0.15, 0.2) is 12.1 Å². The second-order valence-corrected chi connectivity index (χ2v) is 7.87. The summed E-state index contributed by atoms with van der Waals surface area (Å²) in [5, 5.41) is 4.10. The van der Waals surface area contributed by atoms with Crippen molar-refractivity contribution in [2.24, 2.45) is 0 Å². The van der Waals surface area contributed by atoms with E-state index in [9.17, 15) is 4.79 Å². The van der Waals surface area contributed by atoms with Crippen molar-refractivity contribution < 1.29 is 4.79 Å². The van der Waals surface area contributed by atoms with E-state index in [-0.39, 0.29) is 11.2 Å². The molecule has 1 aliphatic carbocycles. The molecule has 1 atom stereocenters. The lowest BCUT2D eigenvalue weighted by Crippen LogP contribution is -2.26. The van der Waals surface area contributed by atoms with Gasteiger partial charge in [-0.3, -0.25) is 4.79 Å². The van der Waals surface area contributed by atoms with E-state index in [4.69, 9.17) is 28.9 Å². The number of hydrogen-bond donors (Lipinski definition) is 2. The second-order valence-electron chi connectivity index (χ2n) is 5.38. The fourth-order valence-electron chi connectivity index (χ4n) is 2.50. The number of amides is 1. The molecule has 3 N–H and O–H groups in total. The van der Waals surface area contributed by atoms with Crippen LogP contribution in [0.25, 0.3) is 0 Å². The Kier molecular flexibility index (Phi) is 6.08. The Morgan fingerprint density at radius 1 is 1.33 bits per heavy atom. The van der Waals surface area contributed by atoms with Crippen molar-refractivity contribution in [1.82, 2.24) is 0 Å². The first-order valence-electron chi connectivity index (χ1n) is 7.18. The van der Waals surface area contributed by atoms with Gasteiger partial charge >= 0.3 is 0 Å². The Morgan fingerprint density at radius 3 is 2.62 bits per heavy atom. The number of nitrogens with two attached hydrogens (primary N) is 1. The molecule has 21 heavy (non-hydrogen) atoms. The maximum atomic E-state index is 12.3. The van der Waals surface area contributed by atoms with Gasteiger partial charge in [-0.1, -0.05) is 42.5 Å². The molecule has 1 fully saturated rings. The lowest BCUT2D eigenvalue weighted by Gasteiger charge is -2.24. The maximum absolute atomic E-state index is 12.3. The van der Waals surface area contributed by atoms with Crippen molar-refractivity contribution in [2.75, 3.05) is 11.1 Å². The van der Waals surface area contributed by atoms with Crippen LogP contribution in [0.3, 0.4) is 0 Å². The van der Waals surface area contributed by atoms with Gasteiger partial charge in [0.05, 0.1) is 21.6 Å². The molecule has 0 radical (unpaired) electrons. The highest BCUT2D eigenvalue weighted by molar-refractivity contribution is 8.01. The zero-order valence-corrected chi connectivity index (χ0v) is 14.3. The van der Waals surface area contributed by atoms with E-state index in [0.29, 0.717) is 26.7 Å². The van der Waals surface area contributed by atoms with E-state index < -0.39 is 0 Å². The van der Waals surface area contributed by atoms with Crippen LogP contribution in [0.2, 0.25) is 10.0 Å². The summed E-state index contributed by atoms with van der Waals surface area (Å²) in [5.74, 6) is -0.0681. The average molecular weight is 347 g/mol. The average Bonchev–Trinajstić information content (AvgIpc) is 2.43. The topological polar surface area (TPSA) is 55.1 Å². The minimum Gasteiger partial charge on any atom is -0.397 e. The molecular formula is C15H20Cl2N2OS. The van der Waals surface area contributed by atoms with Gasteiger partial charge in [0.1, 0.15) is 0 Å². The summed E-state index contributed by atoms with van der Waals surface area (Å²) in [4.78, 5) is 12.3. The Bertz CT molecular complexity index is 495. The molecule has 6 heteroatoms. The fourth-order valence-corrected chi connectivity index (χ4v) is 4.42. The number of nitrogen functional groups attached to an aromatic ring is 1. The molecule has 0 spiro atoms. The van der Waals surface area contributed by atoms with E-state index in [0.717, 1.165) is 0 Å². The number of anilines is 2. The number of rotatable bonds is 4. The number of nitrogens with one attached hydrogen (secondary N) is 1. The summed E-state index contributed by atoms with van der Waals surface area (Å²) in [6.07, 6.45) is 6.25. The van der Waals surface area contributed by atoms with Crippen LogP contribution in [-0.4, -0.2) is 16.4 Å². The van der Waals surface area contributed by atoms with Gasteiger partial charge < -0.3 is 11.1 Å². The number of benzene rings is 1. The highest BCUT2D eigenvalue weighted by Gasteiger charge is 2.22. The van der Waals surface area contributed by atoms with Gasteiger partial charge in [0, 0.05) is 10.3 Å². The van der Waals surface area contributed by atoms with E-state index in [1.807, 2.05) is 6.92 Å². The zero-order chi connectivity index (χ0) is 15.4. The molecule has 1 saturated carbocycles. The summed E-state index contributed by atoms with van der Waals surface area (Å²) in [6.45, 7) is 1.93. The first-order valence-corrected chi connectivity index (χ1v) is 8.88. The molecule has 1 unspecified atom stereocenters. The zero-order valence-electron chi connectivity index (χ0n) is 12.0. The van der Waals surface area contributed by atoms with E-state index in [1.54, 1.807) is 23.9 Å². The number of halogens is 2. The first kappa shape index (κ1) is 16.8. The molecule has 116 valence electrons. The quantitative estimate of drug-likeness (QED) is 0.756.